The molecule has 0 atom stereocenters. The lowest BCUT2D eigenvalue weighted by Crippen LogP contribution is -2.36. The number of fused-ring (bicyclic) bond motifs is 2. The van der Waals surface area contributed by atoms with E-state index in [2.05, 4.69) is 14.7 Å². The van der Waals surface area contributed by atoms with Crippen molar-refractivity contribution < 1.29 is 13.6 Å². The highest BCUT2D eigenvalue weighted by molar-refractivity contribution is 5.78. The van der Waals surface area contributed by atoms with Gasteiger partial charge in [0, 0.05) is 73.8 Å². The molecule has 1 amide bonds. The Balaban J connectivity index is 1.46. The van der Waals surface area contributed by atoms with Gasteiger partial charge in [-0.2, -0.15) is 10.2 Å². The van der Waals surface area contributed by atoms with E-state index in [1.807, 2.05) is 11.0 Å². The largest absolute Gasteiger partial charge is 0.338 e. The number of halogens is 2. The van der Waals surface area contributed by atoms with Crippen molar-refractivity contribution >= 4 is 17.4 Å². The summed E-state index contributed by atoms with van der Waals surface area (Å²) < 4.78 is 32.6. The van der Waals surface area contributed by atoms with Crippen LogP contribution in [0.2, 0.25) is 0 Å². The Kier molecular flexibility index (Phi) is 6.45. The first kappa shape index (κ1) is 25.0. The summed E-state index contributed by atoms with van der Waals surface area (Å²) in [5.41, 5.74) is 11.5. The maximum Gasteiger partial charge on any atom is 0.264 e. The summed E-state index contributed by atoms with van der Waals surface area (Å²) in [6, 6.07) is 4.07. The molecule has 2 N–H and O–H groups in total. The molecule has 8 nitrogen and oxygen atoms in total. The summed E-state index contributed by atoms with van der Waals surface area (Å²) in [6.45, 7) is 3.46. The lowest BCUT2D eigenvalue weighted by Gasteiger charge is -2.33. The van der Waals surface area contributed by atoms with Crippen LogP contribution in [-0.2, 0) is 31.2 Å². The van der Waals surface area contributed by atoms with Crippen molar-refractivity contribution in [3.8, 4) is 11.1 Å². The van der Waals surface area contributed by atoms with Crippen molar-refractivity contribution in [3.05, 3.63) is 46.9 Å². The van der Waals surface area contributed by atoms with Gasteiger partial charge in [-0.05, 0) is 61.8 Å². The summed E-state index contributed by atoms with van der Waals surface area (Å²) in [4.78, 5) is 16.3. The number of hydrogen-bond donors (Lipinski definition) is 1. The number of nitrogens with zero attached hydrogens (tertiary/aromatic N) is 6. The number of rotatable bonds is 4. The Hall–Kier alpha value is -3.27. The molecule has 0 radical (unpaired) electrons. The van der Waals surface area contributed by atoms with Crippen LogP contribution in [0.1, 0.15) is 73.9 Å². The van der Waals surface area contributed by atoms with Crippen molar-refractivity contribution in [3.63, 3.8) is 0 Å². The Labute approximate surface area is 221 Å². The van der Waals surface area contributed by atoms with E-state index in [0.717, 1.165) is 67.6 Å². The van der Waals surface area contributed by atoms with E-state index in [4.69, 9.17) is 10.8 Å². The second kappa shape index (κ2) is 9.80. The van der Waals surface area contributed by atoms with Gasteiger partial charge in [-0.25, -0.2) is 8.78 Å². The number of amides is 1. The molecule has 0 spiro atoms. The van der Waals surface area contributed by atoms with Crippen molar-refractivity contribution in [2.75, 3.05) is 18.0 Å². The van der Waals surface area contributed by atoms with E-state index in [1.165, 1.54) is 5.69 Å². The fraction of sp³-hybridized carbons (Fsp3) is 0.536. The number of carbonyl (C=O) groups excluding carboxylic acids is 1. The summed E-state index contributed by atoms with van der Waals surface area (Å²) in [5.74, 6) is 0.842. The zero-order chi connectivity index (χ0) is 26.6. The first-order chi connectivity index (χ1) is 18.3. The first-order valence-electron chi connectivity index (χ1n) is 13.6. The van der Waals surface area contributed by atoms with Crippen LogP contribution in [0.5, 0.6) is 0 Å². The van der Waals surface area contributed by atoms with Crippen molar-refractivity contribution in [1.29, 1.82) is 0 Å². The molecule has 6 rings (SSSR count). The van der Waals surface area contributed by atoms with Crippen LogP contribution < -0.4 is 10.6 Å². The molecule has 1 aliphatic carbocycles. The van der Waals surface area contributed by atoms with Gasteiger partial charge in [0.1, 0.15) is 0 Å². The van der Waals surface area contributed by atoms with Gasteiger partial charge in [0.15, 0.2) is 5.82 Å². The molecule has 1 aromatic carbocycles. The van der Waals surface area contributed by atoms with Crippen molar-refractivity contribution in [2.45, 2.75) is 76.9 Å². The predicted molar refractivity (Wildman–Crippen MR) is 141 cm³/mol. The van der Waals surface area contributed by atoms with E-state index < -0.39 is 6.43 Å². The van der Waals surface area contributed by atoms with Crippen LogP contribution in [0, 0.1) is 0 Å². The molecule has 10 heteroatoms. The number of hydrogen-bond acceptors (Lipinski definition) is 5. The molecule has 0 bridgehead atoms. The van der Waals surface area contributed by atoms with Crippen molar-refractivity contribution in [2.24, 2.45) is 12.8 Å². The monoisotopic (exact) mass is 523 g/mol. The standard InChI is InChI=1S/C28H35F2N7O/c1-17(38)35-11-9-25-24(16-35)28(33-37(25)21-7-5-20(31)6-8-21)36-10-3-4-18-12-22(19-14-32-34(2)15-19)23(27(29)30)13-26(18)36/h12-15,20-21,27H,3-11,16,31H2,1-2H3. The van der Waals surface area contributed by atoms with E-state index in [9.17, 15) is 13.6 Å². The van der Waals surface area contributed by atoms with E-state index >= 15 is 0 Å². The highest BCUT2D eigenvalue weighted by Gasteiger charge is 2.34. The van der Waals surface area contributed by atoms with Gasteiger partial charge < -0.3 is 15.5 Å². The molecule has 2 aromatic heterocycles. The van der Waals surface area contributed by atoms with Gasteiger partial charge in [-0.15, -0.1) is 0 Å². The second-order valence-corrected chi connectivity index (χ2v) is 11.0. The van der Waals surface area contributed by atoms with Gasteiger partial charge >= 0.3 is 0 Å². The summed E-state index contributed by atoms with van der Waals surface area (Å²) >= 11 is 0. The normalized spacial score (nSPS) is 21.5. The van der Waals surface area contributed by atoms with Crippen LogP contribution in [0.3, 0.4) is 0 Å². The van der Waals surface area contributed by atoms with Crippen LogP contribution in [0.4, 0.5) is 20.3 Å². The third kappa shape index (κ3) is 4.38. The van der Waals surface area contributed by atoms with Gasteiger partial charge in [-0.1, -0.05) is 0 Å². The SMILES string of the molecule is CC(=O)N1CCc2c(c(N3CCCc4cc(-c5cnn(C)c5)c(C(F)F)cc43)nn2C2CCC(N)CC2)C1. The zero-order valence-corrected chi connectivity index (χ0v) is 22.0. The van der Waals surface area contributed by atoms with Gasteiger partial charge in [-0.3, -0.25) is 14.2 Å². The van der Waals surface area contributed by atoms with Crippen LogP contribution in [-0.4, -0.2) is 49.5 Å². The number of aromatic nitrogens is 4. The predicted octanol–water partition coefficient (Wildman–Crippen LogP) is 4.65. The molecule has 202 valence electrons. The smallest absolute Gasteiger partial charge is 0.264 e. The lowest BCUT2D eigenvalue weighted by atomic mass is 9.91. The van der Waals surface area contributed by atoms with Crippen molar-refractivity contribution in [1.82, 2.24) is 24.5 Å². The molecule has 1 fully saturated rings. The maximum atomic E-state index is 14.4. The van der Waals surface area contributed by atoms with Gasteiger partial charge in [0.05, 0.1) is 18.8 Å². The molecule has 38 heavy (non-hydrogen) atoms. The third-order valence-electron chi connectivity index (χ3n) is 8.47. The van der Waals surface area contributed by atoms with Crippen LogP contribution >= 0.6 is 0 Å². The summed E-state index contributed by atoms with van der Waals surface area (Å²) in [7, 11) is 1.79. The van der Waals surface area contributed by atoms with E-state index in [1.54, 1.807) is 37.1 Å². The van der Waals surface area contributed by atoms with Gasteiger partial charge in [0.2, 0.25) is 5.91 Å². The van der Waals surface area contributed by atoms with Crippen LogP contribution in [0.15, 0.2) is 24.5 Å². The van der Waals surface area contributed by atoms with E-state index in [0.29, 0.717) is 30.8 Å². The molecular formula is C28H35F2N7O. The Morgan fingerprint density at radius 3 is 2.61 bits per heavy atom. The Morgan fingerprint density at radius 2 is 1.92 bits per heavy atom. The number of alkyl halides is 2. The lowest BCUT2D eigenvalue weighted by molar-refractivity contribution is -0.129. The number of benzene rings is 1. The highest BCUT2D eigenvalue weighted by Crippen LogP contribution is 2.44. The average molecular weight is 524 g/mol. The molecule has 0 unspecified atom stereocenters. The zero-order valence-electron chi connectivity index (χ0n) is 22.0. The molecule has 0 saturated heterocycles. The molecular weight excluding hydrogens is 488 g/mol. The minimum atomic E-state index is -2.62. The number of aryl methyl sites for hydroxylation is 2. The fourth-order valence-corrected chi connectivity index (χ4v) is 6.42. The minimum Gasteiger partial charge on any atom is -0.338 e. The summed E-state index contributed by atoms with van der Waals surface area (Å²) in [6.07, 6.45) is 7.13. The number of carbonyl (C=O) groups is 1. The number of nitrogens with two attached hydrogens (primary N) is 1. The fourth-order valence-electron chi connectivity index (χ4n) is 6.42. The average Bonchev–Trinajstić information content (AvgIpc) is 3.51. The van der Waals surface area contributed by atoms with Crippen LogP contribution in [0.25, 0.3) is 11.1 Å². The highest BCUT2D eigenvalue weighted by atomic mass is 19.3. The quantitative estimate of drug-likeness (QED) is 0.538. The van der Waals surface area contributed by atoms with Gasteiger partial charge in [0.25, 0.3) is 6.43 Å². The molecule has 3 aliphatic rings. The number of anilines is 2. The third-order valence-corrected chi connectivity index (χ3v) is 8.47. The topological polar surface area (TPSA) is 85.2 Å². The Bertz CT molecular complexity index is 1360. The molecule has 2 aliphatic heterocycles. The summed E-state index contributed by atoms with van der Waals surface area (Å²) in [5, 5.41) is 9.38. The molecule has 3 aromatic rings. The first-order valence-corrected chi connectivity index (χ1v) is 13.6. The maximum absolute atomic E-state index is 14.4. The molecule has 1 saturated carbocycles. The molecule has 4 heterocycles. The second-order valence-electron chi connectivity index (χ2n) is 11.0. The van der Waals surface area contributed by atoms with E-state index in [-0.39, 0.29) is 23.6 Å². The minimum absolute atomic E-state index is 0.00332. The Morgan fingerprint density at radius 1 is 1.13 bits per heavy atom.